The van der Waals surface area contributed by atoms with Gasteiger partial charge in [0, 0.05) is 118 Å². The summed E-state index contributed by atoms with van der Waals surface area (Å²) in [5.74, 6) is 3.83. The molecule has 0 N–H and O–H groups in total. The summed E-state index contributed by atoms with van der Waals surface area (Å²) in [6.07, 6.45) is 0. The Hall–Kier alpha value is -14.4. The Morgan fingerprint density at radius 2 is 0.446 bits per heavy atom. The third-order valence-corrected chi connectivity index (χ3v) is 23.7. The Bertz CT molecular complexity index is 7330. The molecule has 112 heavy (non-hydrogen) atoms. The van der Waals surface area contributed by atoms with Crippen LogP contribution in [0, 0.1) is 0 Å². The number of fused-ring (bicyclic) bond motifs is 12. The van der Waals surface area contributed by atoms with Crippen molar-refractivity contribution >= 4 is 107 Å². The van der Waals surface area contributed by atoms with E-state index in [1.807, 2.05) is 108 Å². The number of nitrogens with zero attached hydrogens (tertiary/aromatic N) is 8. The molecule has 0 aliphatic carbocycles. The van der Waals surface area contributed by atoms with E-state index in [9.17, 15) is 0 Å². The van der Waals surface area contributed by atoms with Gasteiger partial charge in [0.25, 0.3) is 0 Å². The normalized spacial score (nSPS) is 11.6. The van der Waals surface area contributed by atoms with Gasteiger partial charge >= 0.3 is 0 Å². The predicted octanol–water partition coefficient (Wildman–Crippen LogP) is 27.3. The summed E-state index contributed by atoms with van der Waals surface area (Å²) in [7, 11) is 0. The Morgan fingerprint density at radius 1 is 0.179 bits per heavy atom. The maximum Gasteiger partial charge on any atom is 0.164 e. The average Bonchev–Trinajstić information content (AvgIpc) is 1.58. The van der Waals surface area contributed by atoms with E-state index in [1.54, 1.807) is 0 Å². The molecule has 0 radical (unpaired) electrons. The molecule has 524 valence electrons. The summed E-state index contributed by atoms with van der Waals surface area (Å²) in [6.45, 7) is 0. The second-order valence-electron chi connectivity index (χ2n) is 28.0. The number of para-hydroxylation sites is 2. The lowest BCUT2D eigenvalue weighted by atomic mass is 9.98. The Labute approximate surface area is 653 Å². The highest BCUT2D eigenvalue weighted by atomic mass is 32.1. The standard InChI is InChI=1S/2C51H32N4S/c1-3-15-33(16-4-1)49-52-50(34-17-5-2-6-18-34)54-51(53-49)37-21-11-19-35(31-37)36-20-12-22-38(32-36)55-44-28-9-7-24-43(44)47-40(25-14-29-45(47)55)42-27-13-26-41-39-23-8-10-30-46(39)56-48(41)42;1-3-15-33(16-4-1)35-19-11-20-36(31-35)50-52-49(34-17-5-2-6-18-34)53-51(54-50)37-21-12-22-38(32-37)55-44-28-9-7-24-43(44)47-40(25-14-29-45(47)55)42-27-13-26-41-39-23-8-10-30-46(39)56-48(41)42/h2*1-32H. The van der Waals surface area contributed by atoms with Gasteiger partial charge in [0.2, 0.25) is 0 Å². The van der Waals surface area contributed by atoms with Crippen LogP contribution in [0.15, 0.2) is 388 Å². The van der Waals surface area contributed by atoms with Crippen LogP contribution in [0.2, 0.25) is 0 Å². The van der Waals surface area contributed by atoms with Crippen molar-refractivity contribution in [2.45, 2.75) is 0 Å². The van der Waals surface area contributed by atoms with Gasteiger partial charge in [-0.15, -0.1) is 22.7 Å². The van der Waals surface area contributed by atoms with E-state index >= 15 is 0 Å². The molecule has 0 aliphatic rings. The van der Waals surface area contributed by atoms with Gasteiger partial charge in [-0.3, -0.25) is 0 Å². The lowest BCUT2D eigenvalue weighted by Crippen LogP contribution is -2.01. The third kappa shape index (κ3) is 11.8. The second kappa shape index (κ2) is 28.0. The maximum absolute atomic E-state index is 5.15. The van der Waals surface area contributed by atoms with Crippen molar-refractivity contribution in [2.24, 2.45) is 0 Å². The fraction of sp³-hybridized carbons (Fsp3) is 0. The third-order valence-electron chi connectivity index (χ3n) is 21.3. The first kappa shape index (κ1) is 65.8. The molecule has 0 bridgehead atoms. The number of aromatic nitrogens is 8. The summed E-state index contributed by atoms with van der Waals surface area (Å²) >= 11 is 3.75. The number of hydrogen-bond donors (Lipinski definition) is 0. The summed E-state index contributed by atoms with van der Waals surface area (Å²) in [5.41, 5.74) is 21.9. The van der Waals surface area contributed by atoms with Crippen LogP contribution in [-0.4, -0.2) is 39.0 Å². The molecule has 0 aliphatic heterocycles. The van der Waals surface area contributed by atoms with Crippen LogP contribution >= 0.6 is 22.7 Å². The zero-order valence-electron chi connectivity index (χ0n) is 60.3. The summed E-state index contributed by atoms with van der Waals surface area (Å²) < 4.78 is 10.1. The predicted molar refractivity (Wildman–Crippen MR) is 468 cm³/mol. The van der Waals surface area contributed by atoms with Gasteiger partial charge in [-0.1, -0.05) is 315 Å². The van der Waals surface area contributed by atoms with Gasteiger partial charge in [0.05, 0.1) is 22.1 Å². The quantitative estimate of drug-likeness (QED) is 0.121. The van der Waals surface area contributed by atoms with Gasteiger partial charge in [-0.05, 0) is 106 Å². The molecule has 0 unspecified atom stereocenters. The van der Waals surface area contributed by atoms with E-state index in [1.165, 1.54) is 95.2 Å². The minimum absolute atomic E-state index is 0.624. The van der Waals surface area contributed by atoms with Crippen LogP contribution in [0.1, 0.15) is 0 Å². The molecule has 16 aromatic carbocycles. The molecule has 0 amide bonds. The van der Waals surface area contributed by atoms with E-state index in [0.717, 1.165) is 78.0 Å². The topological polar surface area (TPSA) is 87.2 Å². The van der Waals surface area contributed by atoms with Gasteiger partial charge < -0.3 is 9.13 Å². The first-order valence-electron chi connectivity index (χ1n) is 37.6. The molecular formula is C102H64N8S2. The first-order valence-corrected chi connectivity index (χ1v) is 39.2. The minimum atomic E-state index is 0.624. The smallest absolute Gasteiger partial charge is 0.164 e. The monoisotopic (exact) mass is 1460 g/mol. The highest BCUT2D eigenvalue weighted by Gasteiger charge is 2.23. The molecule has 6 aromatic heterocycles. The van der Waals surface area contributed by atoms with Gasteiger partial charge in [-0.2, -0.15) is 0 Å². The number of hydrogen-bond acceptors (Lipinski definition) is 8. The van der Waals surface area contributed by atoms with E-state index in [-0.39, 0.29) is 0 Å². The fourth-order valence-electron chi connectivity index (χ4n) is 16.2. The summed E-state index contributed by atoms with van der Waals surface area (Å²) in [4.78, 5) is 30.2. The van der Waals surface area contributed by atoms with Crippen molar-refractivity contribution in [1.29, 1.82) is 0 Å². The fourth-order valence-corrected chi connectivity index (χ4v) is 18.6. The first-order chi connectivity index (χ1) is 55.5. The minimum Gasteiger partial charge on any atom is -0.309 e. The molecule has 0 fully saturated rings. The SMILES string of the molecule is c1ccc(-c2cccc(-c3nc(-c4ccccc4)nc(-c4cccc(-n5c6ccccc6c6c(-c7cccc8c7sc7ccccc78)cccc65)c4)n3)c2)cc1.c1ccc(-c2nc(-c3ccccc3)nc(-c3cccc(-c4cccc(-n5c6ccccc6c6c(-c7cccc8c7sc7ccccc78)cccc65)c4)c3)n2)cc1. The van der Waals surface area contributed by atoms with Crippen LogP contribution in [0.5, 0.6) is 0 Å². The van der Waals surface area contributed by atoms with Crippen molar-refractivity contribution in [2.75, 3.05) is 0 Å². The Balaban J connectivity index is 0.000000141. The van der Waals surface area contributed by atoms with E-state index in [2.05, 4.69) is 312 Å². The molecule has 22 aromatic rings. The molecule has 6 heterocycles. The lowest BCUT2D eigenvalue weighted by molar-refractivity contribution is 1.07. The Morgan fingerprint density at radius 3 is 0.875 bits per heavy atom. The summed E-state index contributed by atoms with van der Waals surface area (Å²) in [6, 6.07) is 137. The van der Waals surface area contributed by atoms with Crippen LogP contribution in [0.3, 0.4) is 0 Å². The van der Waals surface area contributed by atoms with Gasteiger partial charge in [0.15, 0.2) is 34.9 Å². The summed E-state index contributed by atoms with van der Waals surface area (Å²) in [5, 5.41) is 10.2. The number of thiophene rings is 2. The molecule has 10 heteroatoms. The molecule has 0 atom stereocenters. The number of rotatable bonds is 12. The molecule has 0 saturated carbocycles. The van der Waals surface area contributed by atoms with Crippen LogP contribution in [0.4, 0.5) is 0 Å². The van der Waals surface area contributed by atoms with Gasteiger partial charge in [-0.25, -0.2) is 29.9 Å². The second-order valence-corrected chi connectivity index (χ2v) is 30.1. The van der Waals surface area contributed by atoms with Crippen LogP contribution < -0.4 is 0 Å². The van der Waals surface area contributed by atoms with Crippen LogP contribution in [-0.2, 0) is 0 Å². The van der Waals surface area contributed by atoms with Crippen molar-refractivity contribution in [3.05, 3.63) is 388 Å². The molecule has 22 rings (SSSR count). The average molecular weight is 1470 g/mol. The van der Waals surface area contributed by atoms with Crippen molar-refractivity contribution in [3.8, 4) is 124 Å². The van der Waals surface area contributed by atoms with Crippen molar-refractivity contribution in [3.63, 3.8) is 0 Å². The zero-order valence-corrected chi connectivity index (χ0v) is 62.0. The van der Waals surface area contributed by atoms with Crippen molar-refractivity contribution < 1.29 is 0 Å². The van der Waals surface area contributed by atoms with E-state index < -0.39 is 0 Å². The van der Waals surface area contributed by atoms with Crippen LogP contribution in [0.25, 0.3) is 208 Å². The largest absolute Gasteiger partial charge is 0.309 e. The zero-order chi connectivity index (χ0) is 74.0. The number of benzene rings is 16. The van der Waals surface area contributed by atoms with Gasteiger partial charge in [0.1, 0.15) is 0 Å². The lowest BCUT2D eigenvalue weighted by Gasteiger charge is -2.12. The molecule has 0 saturated heterocycles. The van der Waals surface area contributed by atoms with E-state index in [0.29, 0.717) is 34.9 Å². The molecule has 0 spiro atoms. The Kier molecular flexibility index (Phi) is 16.4. The van der Waals surface area contributed by atoms with E-state index in [4.69, 9.17) is 29.9 Å². The molecule has 8 nitrogen and oxygen atoms in total. The maximum atomic E-state index is 5.15. The highest BCUT2D eigenvalue weighted by molar-refractivity contribution is 7.26. The molecular weight excluding hydrogens is 1400 g/mol. The highest BCUT2D eigenvalue weighted by Crippen LogP contribution is 2.48. The van der Waals surface area contributed by atoms with Crippen molar-refractivity contribution in [1.82, 2.24) is 39.0 Å².